The summed E-state index contributed by atoms with van der Waals surface area (Å²) >= 11 is 0. The Morgan fingerprint density at radius 1 is 1.39 bits per heavy atom. The lowest BCUT2D eigenvalue weighted by Crippen LogP contribution is -2.34. The summed E-state index contributed by atoms with van der Waals surface area (Å²) in [5.74, 6) is 0.953. The number of likely N-dealkylation sites (tertiary alicyclic amines) is 1. The molecule has 1 aromatic heterocycles. The van der Waals surface area contributed by atoms with Gasteiger partial charge in [0.2, 0.25) is 0 Å². The molecule has 1 aliphatic heterocycles. The van der Waals surface area contributed by atoms with Crippen LogP contribution in [0.25, 0.3) is 0 Å². The molecule has 0 bridgehead atoms. The molecule has 1 fully saturated rings. The lowest BCUT2D eigenvalue weighted by atomic mass is 9.96. The molecular formula is C15H25N3. The van der Waals surface area contributed by atoms with Crippen LogP contribution in [-0.2, 0) is 0 Å². The largest absolute Gasteiger partial charge is 0.373 e. The van der Waals surface area contributed by atoms with Crippen LogP contribution in [-0.4, -0.2) is 30.0 Å². The van der Waals surface area contributed by atoms with Crippen molar-refractivity contribution in [3.05, 3.63) is 23.9 Å². The summed E-state index contributed by atoms with van der Waals surface area (Å²) in [6.45, 7) is 4.75. The van der Waals surface area contributed by atoms with Crippen LogP contribution in [0.4, 0.5) is 5.82 Å². The molecule has 0 saturated carbocycles. The third-order valence-corrected chi connectivity index (χ3v) is 3.84. The fourth-order valence-electron chi connectivity index (χ4n) is 2.75. The van der Waals surface area contributed by atoms with Gasteiger partial charge in [0, 0.05) is 19.3 Å². The van der Waals surface area contributed by atoms with Crippen molar-refractivity contribution in [1.82, 2.24) is 9.88 Å². The van der Waals surface area contributed by atoms with Crippen LogP contribution >= 0.6 is 0 Å². The molecule has 2 rings (SSSR count). The molecule has 2 heterocycles. The van der Waals surface area contributed by atoms with Gasteiger partial charge < -0.3 is 5.32 Å². The van der Waals surface area contributed by atoms with Gasteiger partial charge in [-0.2, -0.15) is 0 Å². The quantitative estimate of drug-likeness (QED) is 0.863. The molecule has 100 valence electrons. The lowest BCUT2D eigenvalue weighted by Gasteiger charge is -2.35. The van der Waals surface area contributed by atoms with Crippen LogP contribution in [0.5, 0.6) is 0 Å². The average Bonchev–Trinajstić information content (AvgIpc) is 2.45. The Balaban J connectivity index is 2.06. The number of piperidine rings is 1. The van der Waals surface area contributed by atoms with Gasteiger partial charge in [0.1, 0.15) is 5.82 Å². The predicted octanol–water partition coefficient (Wildman–Crippen LogP) is 3.45. The van der Waals surface area contributed by atoms with Crippen molar-refractivity contribution in [2.75, 3.05) is 25.5 Å². The number of hydrogen-bond donors (Lipinski definition) is 1. The maximum Gasteiger partial charge on any atom is 0.125 e. The molecule has 1 saturated heterocycles. The van der Waals surface area contributed by atoms with Crippen molar-refractivity contribution in [2.24, 2.45) is 0 Å². The first-order chi connectivity index (χ1) is 8.85. The highest BCUT2D eigenvalue weighted by molar-refractivity contribution is 5.35. The maximum absolute atomic E-state index is 4.45. The molecule has 3 heteroatoms. The fourth-order valence-corrected chi connectivity index (χ4v) is 2.75. The van der Waals surface area contributed by atoms with Crippen molar-refractivity contribution < 1.29 is 0 Å². The minimum atomic E-state index is 0.587. The first kappa shape index (κ1) is 13.3. The highest BCUT2D eigenvalue weighted by Crippen LogP contribution is 2.30. The second-order valence-corrected chi connectivity index (χ2v) is 5.13. The number of nitrogens with zero attached hydrogens (tertiary/aromatic N) is 2. The first-order valence-electron chi connectivity index (χ1n) is 7.23. The Labute approximate surface area is 111 Å². The maximum atomic E-state index is 4.45. The van der Waals surface area contributed by atoms with Crippen LogP contribution in [0.3, 0.4) is 0 Å². The van der Waals surface area contributed by atoms with Gasteiger partial charge in [-0.3, -0.25) is 4.90 Å². The molecule has 0 spiro atoms. The van der Waals surface area contributed by atoms with E-state index in [9.17, 15) is 0 Å². The van der Waals surface area contributed by atoms with Crippen LogP contribution in [0.15, 0.2) is 18.3 Å². The van der Waals surface area contributed by atoms with Gasteiger partial charge in [0.15, 0.2) is 0 Å². The first-order valence-corrected chi connectivity index (χ1v) is 7.23. The van der Waals surface area contributed by atoms with E-state index in [1.54, 1.807) is 0 Å². The monoisotopic (exact) mass is 247 g/mol. The van der Waals surface area contributed by atoms with Crippen molar-refractivity contribution in [1.29, 1.82) is 0 Å². The Morgan fingerprint density at radius 3 is 2.94 bits per heavy atom. The topological polar surface area (TPSA) is 28.2 Å². The summed E-state index contributed by atoms with van der Waals surface area (Å²) in [7, 11) is 1.91. The zero-order chi connectivity index (χ0) is 12.8. The van der Waals surface area contributed by atoms with Crippen molar-refractivity contribution in [2.45, 2.75) is 45.1 Å². The number of hydrogen-bond acceptors (Lipinski definition) is 3. The molecule has 1 aliphatic rings. The molecule has 18 heavy (non-hydrogen) atoms. The summed E-state index contributed by atoms with van der Waals surface area (Å²) < 4.78 is 0. The van der Waals surface area contributed by atoms with E-state index < -0.39 is 0 Å². The Morgan fingerprint density at radius 2 is 2.28 bits per heavy atom. The van der Waals surface area contributed by atoms with Crippen LogP contribution in [0.2, 0.25) is 0 Å². The third kappa shape index (κ3) is 3.22. The molecule has 0 unspecified atom stereocenters. The van der Waals surface area contributed by atoms with Gasteiger partial charge in [-0.25, -0.2) is 4.98 Å². The van der Waals surface area contributed by atoms with E-state index in [1.807, 2.05) is 13.2 Å². The summed E-state index contributed by atoms with van der Waals surface area (Å²) in [6.07, 6.45) is 8.60. The molecule has 0 radical (unpaired) electrons. The fraction of sp³-hybridized carbons (Fsp3) is 0.667. The minimum Gasteiger partial charge on any atom is -0.373 e. The Kier molecular flexibility index (Phi) is 5.00. The molecule has 1 aromatic rings. The van der Waals surface area contributed by atoms with Gasteiger partial charge in [-0.1, -0.05) is 25.8 Å². The van der Waals surface area contributed by atoms with Crippen LogP contribution in [0.1, 0.15) is 50.6 Å². The summed E-state index contributed by atoms with van der Waals surface area (Å²) in [5, 5.41) is 3.08. The molecule has 0 aliphatic carbocycles. The highest BCUT2D eigenvalue weighted by atomic mass is 15.2. The van der Waals surface area contributed by atoms with E-state index in [2.05, 4.69) is 34.3 Å². The molecule has 0 amide bonds. The number of anilines is 1. The van der Waals surface area contributed by atoms with E-state index in [-0.39, 0.29) is 0 Å². The summed E-state index contributed by atoms with van der Waals surface area (Å²) in [4.78, 5) is 7.09. The van der Waals surface area contributed by atoms with E-state index in [1.165, 1.54) is 50.8 Å². The molecule has 3 nitrogen and oxygen atoms in total. The van der Waals surface area contributed by atoms with Gasteiger partial charge in [0.05, 0.1) is 0 Å². The van der Waals surface area contributed by atoms with Gasteiger partial charge in [-0.15, -0.1) is 0 Å². The summed E-state index contributed by atoms with van der Waals surface area (Å²) in [6, 6.07) is 4.90. The number of unbranched alkanes of at least 4 members (excludes halogenated alkanes) is 1. The Hall–Kier alpha value is -1.09. The standard InChI is InChI=1S/C15H25N3/c1-3-4-10-18-11-6-5-7-14(18)13-8-9-15(16-2)17-12-13/h8-9,12,14H,3-7,10-11H2,1-2H3,(H,16,17)/t14-/m1/s1. The SMILES string of the molecule is CCCCN1CCCC[C@@H]1c1ccc(NC)nc1. The number of pyridine rings is 1. The Bertz CT molecular complexity index is 347. The average molecular weight is 247 g/mol. The van der Waals surface area contributed by atoms with Crippen molar-refractivity contribution >= 4 is 5.82 Å². The van der Waals surface area contributed by atoms with E-state index in [0.29, 0.717) is 6.04 Å². The summed E-state index contributed by atoms with van der Waals surface area (Å²) in [5.41, 5.74) is 1.38. The normalized spacial score (nSPS) is 20.9. The van der Waals surface area contributed by atoms with Crippen LogP contribution < -0.4 is 5.32 Å². The number of aromatic nitrogens is 1. The molecule has 0 aromatic carbocycles. The van der Waals surface area contributed by atoms with Gasteiger partial charge in [0.25, 0.3) is 0 Å². The zero-order valence-corrected chi connectivity index (χ0v) is 11.7. The zero-order valence-electron chi connectivity index (χ0n) is 11.7. The molecule has 1 atom stereocenters. The smallest absolute Gasteiger partial charge is 0.125 e. The van der Waals surface area contributed by atoms with Crippen LogP contribution in [0, 0.1) is 0 Å². The number of nitrogens with one attached hydrogen (secondary N) is 1. The van der Waals surface area contributed by atoms with Gasteiger partial charge in [-0.05, 0) is 44.0 Å². The number of rotatable bonds is 5. The second-order valence-electron chi connectivity index (χ2n) is 5.13. The minimum absolute atomic E-state index is 0.587. The van der Waals surface area contributed by atoms with E-state index >= 15 is 0 Å². The highest BCUT2D eigenvalue weighted by Gasteiger charge is 2.23. The van der Waals surface area contributed by atoms with Crippen molar-refractivity contribution in [3.8, 4) is 0 Å². The van der Waals surface area contributed by atoms with Crippen molar-refractivity contribution in [3.63, 3.8) is 0 Å². The van der Waals surface area contributed by atoms with Gasteiger partial charge >= 0.3 is 0 Å². The predicted molar refractivity (Wildman–Crippen MR) is 76.9 cm³/mol. The third-order valence-electron chi connectivity index (χ3n) is 3.84. The second kappa shape index (κ2) is 6.74. The molecule has 1 N–H and O–H groups in total. The molecular weight excluding hydrogens is 222 g/mol. The lowest BCUT2D eigenvalue weighted by molar-refractivity contribution is 0.146. The van der Waals surface area contributed by atoms with E-state index in [4.69, 9.17) is 0 Å². The van der Waals surface area contributed by atoms with E-state index in [0.717, 1.165) is 5.82 Å².